The lowest BCUT2D eigenvalue weighted by atomic mass is 9.85. The number of nitrogens with zero attached hydrogens (tertiary/aromatic N) is 4. The molecule has 132 valence electrons. The van der Waals surface area contributed by atoms with Crippen molar-refractivity contribution in [2.24, 2.45) is 0 Å². The summed E-state index contributed by atoms with van der Waals surface area (Å²) >= 11 is 0. The lowest BCUT2D eigenvalue weighted by Gasteiger charge is -2.42. The van der Waals surface area contributed by atoms with E-state index in [2.05, 4.69) is 15.3 Å². The number of imidazole rings is 1. The van der Waals surface area contributed by atoms with Crippen LogP contribution in [0, 0.1) is 0 Å². The number of hydrogen-bond acceptors (Lipinski definition) is 5. The van der Waals surface area contributed by atoms with E-state index in [1.807, 2.05) is 22.5 Å². The standard InChI is InChI=1S/C17H21N5O3/c1-2-21(10-16(23)24)14-7-12(8-14)20-17(25)15-9-13(3-4-19-15)22-6-5-18-11-22/h3-6,9,11-12,14H,2,7-8,10H2,1H3,(H,20,25)(H,23,24). The van der Waals surface area contributed by atoms with E-state index in [9.17, 15) is 9.59 Å². The molecular weight excluding hydrogens is 322 g/mol. The van der Waals surface area contributed by atoms with Gasteiger partial charge < -0.3 is 15.0 Å². The van der Waals surface area contributed by atoms with Crippen LogP contribution >= 0.6 is 0 Å². The molecule has 0 spiro atoms. The zero-order valence-electron chi connectivity index (χ0n) is 14.0. The second kappa shape index (κ2) is 7.43. The van der Waals surface area contributed by atoms with Crippen LogP contribution < -0.4 is 5.32 Å². The number of aromatic nitrogens is 3. The number of nitrogens with one attached hydrogen (secondary N) is 1. The summed E-state index contributed by atoms with van der Waals surface area (Å²) in [6.07, 6.45) is 8.25. The van der Waals surface area contributed by atoms with E-state index in [4.69, 9.17) is 5.11 Å². The van der Waals surface area contributed by atoms with Crippen LogP contribution in [0.2, 0.25) is 0 Å². The predicted molar refractivity (Wildman–Crippen MR) is 90.5 cm³/mol. The Hall–Kier alpha value is -2.74. The average molecular weight is 343 g/mol. The Balaban J connectivity index is 1.56. The van der Waals surface area contributed by atoms with Crippen molar-refractivity contribution in [1.82, 2.24) is 24.8 Å². The van der Waals surface area contributed by atoms with Crippen LogP contribution in [-0.4, -0.2) is 61.6 Å². The molecule has 8 nitrogen and oxygen atoms in total. The van der Waals surface area contributed by atoms with Crippen LogP contribution in [0.25, 0.3) is 5.69 Å². The third-order valence-electron chi connectivity index (χ3n) is 4.49. The molecule has 1 fully saturated rings. The maximum absolute atomic E-state index is 12.4. The van der Waals surface area contributed by atoms with Gasteiger partial charge in [-0.1, -0.05) is 6.92 Å². The maximum Gasteiger partial charge on any atom is 0.317 e. The van der Waals surface area contributed by atoms with E-state index in [1.165, 1.54) is 0 Å². The van der Waals surface area contributed by atoms with Gasteiger partial charge in [0.05, 0.1) is 18.6 Å². The Morgan fingerprint density at radius 1 is 1.40 bits per heavy atom. The van der Waals surface area contributed by atoms with Gasteiger partial charge in [0.2, 0.25) is 0 Å². The Labute approximate surface area is 145 Å². The molecule has 2 aromatic rings. The molecule has 8 heteroatoms. The summed E-state index contributed by atoms with van der Waals surface area (Å²) in [7, 11) is 0. The number of amides is 1. The number of carboxylic acid groups (broad SMARTS) is 1. The number of likely N-dealkylation sites (N-methyl/N-ethyl adjacent to an activating group) is 1. The van der Waals surface area contributed by atoms with E-state index >= 15 is 0 Å². The SMILES string of the molecule is CCN(CC(=O)O)C1CC(NC(=O)c2cc(-n3ccnc3)ccn2)C1. The van der Waals surface area contributed by atoms with Gasteiger partial charge in [0.25, 0.3) is 5.91 Å². The second-order valence-corrected chi connectivity index (χ2v) is 6.12. The monoisotopic (exact) mass is 343 g/mol. The fraction of sp³-hybridized carbons (Fsp3) is 0.412. The van der Waals surface area contributed by atoms with Crippen molar-refractivity contribution >= 4 is 11.9 Å². The molecule has 1 saturated carbocycles. The summed E-state index contributed by atoms with van der Waals surface area (Å²) < 4.78 is 1.81. The van der Waals surface area contributed by atoms with Gasteiger partial charge in [-0.2, -0.15) is 0 Å². The second-order valence-electron chi connectivity index (χ2n) is 6.12. The molecule has 1 aliphatic rings. The zero-order chi connectivity index (χ0) is 17.8. The Kier molecular flexibility index (Phi) is 5.08. The zero-order valence-corrected chi connectivity index (χ0v) is 14.0. The van der Waals surface area contributed by atoms with Crippen LogP contribution in [0.15, 0.2) is 37.1 Å². The molecule has 0 aliphatic heterocycles. The Morgan fingerprint density at radius 2 is 2.20 bits per heavy atom. The molecule has 2 heterocycles. The molecule has 3 rings (SSSR count). The molecule has 0 aromatic carbocycles. The number of carboxylic acids is 1. The Morgan fingerprint density at radius 3 is 2.84 bits per heavy atom. The van der Waals surface area contributed by atoms with E-state index in [-0.39, 0.29) is 24.5 Å². The van der Waals surface area contributed by atoms with E-state index < -0.39 is 5.97 Å². The van der Waals surface area contributed by atoms with Gasteiger partial charge in [-0.3, -0.25) is 19.5 Å². The first-order valence-electron chi connectivity index (χ1n) is 8.28. The Bertz CT molecular complexity index is 741. The van der Waals surface area contributed by atoms with Crippen LogP contribution in [0.3, 0.4) is 0 Å². The summed E-state index contributed by atoms with van der Waals surface area (Å²) in [5.74, 6) is -1.04. The smallest absolute Gasteiger partial charge is 0.317 e. The maximum atomic E-state index is 12.4. The molecule has 0 radical (unpaired) electrons. The van der Waals surface area contributed by atoms with Gasteiger partial charge in [-0.25, -0.2) is 4.98 Å². The minimum absolute atomic E-state index is 0.0380. The quantitative estimate of drug-likeness (QED) is 0.776. The largest absolute Gasteiger partial charge is 0.480 e. The summed E-state index contributed by atoms with van der Waals surface area (Å²) in [5.41, 5.74) is 1.18. The van der Waals surface area contributed by atoms with Gasteiger partial charge in [0.15, 0.2) is 0 Å². The number of aliphatic carboxylic acids is 1. The number of carbonyl (C=O) groups is 2. The first-order valence-corrected chi connectivity index (χ1v) is 8.28. The molecule has 0 bridgehead atoms. The highest BCUT2D eigenvalue weighted by molar-refractivity contribution is 5.93. The van der Waals surface area contributed by atoms with Gasteiger partial charge in [-0.05, 0) is 31.5 Å². The van der Waals surface area contributed by atoms with Crippen LogP contribution in [0.1, 0.15) is 30.3 Å². The minimum Gasteiger partial charge on any atom is -0.480 e. The molecule has 0 unspecified atom stereocenters. The normalized spacial score (nSPS) is 19.4. The number of rotatable bonds is 7. The van der Waals surface area contributed by atoms with Crippen molar-refractivity contribution < 1.29 is 14.7 Å². The summed E-state index contributed by atoms with van der Waals surface area (Å²) in [5, 5.41) is 11.9. The van der Waals surface area contributed by atoms with E-state index in [0.717, 1.165) is 18.5 Å². The molecule has 0 saturated heterocycles. The highest BCUT2D eigenvalue weighted by Gasteiger charge is 2.34. The third-order valence-corrected chi connectivity index (χ3v) is 4.49. The highest BCUT2D eigenvalue weighted by Crippen LogP contribution is 2.25. The number of hydrogen-bond donors (Lipinski definition) is 2. The number of carbonyl (C=O) groups excluding carboxylic acids is 1. The predicted octanol–water partition coefficient (Wildman–Crippen LogP) is 0.935. The minimum atomic E-state index is -0.824. The number of pyridine rings is 1. The molecule has 2 aromatic heterocycles. The van der Waals surface area contributed by atoms with Gasteiger partial charge in [0, 0.05) is 30.7 Å². The first-order chi connectivity index (χ1) is 12.1. The molecule has 1 aliphatic carbocycles. The average Bonchev–Trinajstić information content (AvgIpc) is 3.10. The fourth-order valence-corrected chi connectivity index (χ4v) is 3.05. The first kappa shape index (κ1) is 17.1. The van der Waals surface area contributed by atoms with Crippen molar-refractivity contribution in [2.45, 2.75) is 31.8 Å². The van der Waals surface area contributed by atoms with Crippen molar-refractivity contribution in [1.29, 1.82) is 0 Å². The summed E-state index contributed by atoms with van der Waals surface area (Å²) in [6, 6.07) is 3.79. The van der Waals surface area contributed by atoms with Gasteiger partial charge in [0.1, 0.15) is 5.69 Å². The molecular formula is C17H21N5O3. The van der Waals surface area contributed by atoms with Crippen molar-refractivity contribution in [3.8, 4) is 5.69 Å². The van der Waals surface area contributed by atoms with Gasteiger partial charge >= 0.3 is 5.97 Å². The van der Waals surface area contributed by atoms with Crippen molar-refractivity contribution in [3.05, 3.63) is 42.7 Å². The molecule has 0 atom stereocenters. The van der Waals surface area contributed by atoms with Crippen LogP contribution in [-0.2, 0) is 4.79 Å². The lowest BCUT2D eigenvalue weighted by molar-refractivity contribution is -0.139. The lowest BCUT2D eigenvalue weighted by Crippen LogP contribution is -2.54. The van der Waals surface area contributed by atoms with Gasteiger partial charge in [-0.15, -0.1) is 0 Å². The van der Waals surface area contributed by atoms with E-state index in [1.54, 1.807) is 31.0 Å². The topological polar surface area (TPSA) is 100 Å². The summed E-state index contributed by atoms with van der Waals surface area (Å²) in [4.78, 5) is 33.3. The molecule has 25 heavy (non-hydrogen) atoms. The van der Waals surface area contributed by atoms with Crippen LogP contribution in [0.5, 0.6) is 0 Å². The molecule has 2 N–H and O–H groups in total. The molecule has 1 amide bonds. The van der Waals surface area contributed by atoms with Crippen molar-refractivity contribution in [3.63, 3.8) is 0 Å². The third kappa shape index (κ3) is 4.03. The van der Waals surface area contributed by atoms with E-state index in [0.29, 0.717) is 12.2 Å². The van der Waals surface area contributed by atoms with Crippen LogP contribution in [0.4, 0.5) is 0 Å². The highest BCUT2D eigenvalue weighted by atomic mass is 16.4. The summed E-state index contributed by atoms with van der Waals surface area (Å²) in [6.45, 7) is 2.67. The fourth-order valence-electron chi connectivity index (χ4n) is 3.05. The van der Waals surface area contributed by atoms with Crippen molar-refractivity contribution in [2.75, 3.05) is 13.1 Å².